The molecule has 69 heavy (non-hydrogen) atoms. The highest BCUT2D eigenvalue weighted by Gasteiger charge is 2.52. The number of hydrogen-bond acceptors (Lipinski definition) is 1. The van der Waals surface area contributed by atoms with Gasteiger partial charge in [0.15, 0.2) is 0 Å². The predicted molar refractivity (Wildman–Crippen MR) is 288 cm³/mol. The Bertz CT molecular complexity index is 3760. The third kappa shape index (κ3) is 5.42. The quantitative estimate of drug-likeness (QED) is 0.166. The summed E-state index contributed by atoms with van der Waals surface area (Å²) in [6, 6.07) is 82.9. The van der Waals surface area contributed by atoms with E-state index in [1.807, 2.05) is 0 Å². The van der Waals surface area contributed by atoms with Gasteiger partial charge in [0.05, 0.1) is 5.41 Å². The maximum atomic E-state index is 2.49. The second-order valence-corrected chi connectivity index (χ2v) is 20.9. The van der Waals surface area contributed by atoms with Crippen LogP contribution in [-0.4, -0.2) is 0 Å². The number of anilines is 3. The Morgan fingerprint density at radius 1 is 0.275 bits per heavy atom. The molecule has 14 rings (SSSR count). The second kappa shape index (κ2) is 14.3. The molecule has 1 nitrogen and oxygen atoms in total. The normalized spacial score (nSPS) is 15.1. The van der Waals surface area contributed by atoms with Crippen LogP contribution in [0.4, 0.5) is 17.1 Å². The standard InChI is InChI=1S/C68H51N/c1-42-37-45(49-22-16-28-62-65(49)56-21-10-15-27-61(56)68(62)59-25-13-8-19-52(59)53-20-9-14-26-60(53)68)39-48(38-42)69(47-34-36-55-51-18-7-12-24-58(51)67(4,5)64(55)41-47)46-32-29-43(30-33-46)44-31-35-54-50-17-6-11-23-57(50)66(2,3)63(54)40-44/h6-41H,1-5H3. The fraction of sp³-hybridized carbons (Fsp3) is 0.118. The topological polar surface area (TPSA) is 3.24 Å². The predicted octanol–water partition coefficient (Wildman–Crippen LogP) is 17.8. The Hall–Kier alpha value is -8.00. The lowest BCUT2D eigenvalue weighted by molar-refractivity contribution is 0.660. The van der Waals surface area contributed by atoms with Gasteiger partial charge in [-0.05, 0) is 166 Å². The highest BCUT2D eigenvalue weighted by molar-refractivity contribution is 6.00. The molecule has 0 saturated carbocycles. The highest BCUT2D eigenvalue weighted by atomic mass is 15.1. The molecule has 0 N–H and O–H groups in total. The van der Waals surface area contributed by atoms with E-state index in [1.165, 1.54) is 117 Å². The molecule has 0 aliphatic heterocycles. The first kappa shape index (κ1) is 40.1. The van der Waals surface area contributed by atoms with E-state index in [1.54, 1.807) is 0 Å². The van der Waals surface area contributed by atoms with E-state index in [4.69, 9.17) is 0 Å². The Morgan fingerprint density at radius 2 is 0.710 bits per heavy atom. The van der Waals surface area contributed by atoms with Crippen molar-refractivity contribution in [1.82, 2.24) is 0 Å². The summed E-state index contributed by atoms with van der Waals surface area (Å²) in [5, 5.41) is 0. The van der Waals surface area contributed by atoms with Crippen molar-refractivity contribution in [3.63, 3.8) is 0 Å². The zero-order valence-electron chi connectivity index (χ0n) is 39.7. The zero-order valence-corrected chi connectivity index (χ0v) is 39.7. The summed E-state index contributed by atoms with van der Waals surface area (Å²) in [5.74, 6) is 0. The lowest BCUT2D eigenvalue weighted by Gasteiger charge is -2.30. The van der Waals surface area contributed by atoms with Crippen LogP contribution in [0.3, 0.4) is 0 Å². The van der Waals surface area contributed by atoms with Gasteiger partial charge in [0.1, 0.15) is 0 Å². The molecule has 0 unspecified atom stereocenters. The Balaban J connectivity index is 0.938. The largest absolute Gasteiger partial charge is 0.310 e. The summed E-state index contributed by atoms with van der Waals surface area (Å²) >= 11 is 0. The molecule has 0 heterocycles. The van der Waals surface area contributed by atoms with Crippen LogP contribution in [0.1, 0.15) is 77.8 Å². The van der Waals surface area contributed by atoms with Crippen LogP contribution in [0.5, 0.6) is 0 Å². The highest BCUT2D eigenvalue weighted by Crippen LogP contribution is 2.64. The lowest BCUT2D eigenvalue weighted by Crippen LogP contribution is -2.25. The smallest absolute Gasteiger partial charge is 0.0725 e. The van der Waals surface area contributed by atoms with Crippen LogP contribution >= 0.6 is 0 Å². The average Bonchev–Trinajstić information content (AvgIpc) is 4.02. The molecule has 0 aromatic heterocycles. The minimum absolute atomic E-state index is 0.0594. The van der Waals surface area contributed by atoms with Crippen molar-refractivity contribution in [2.24, 2.45) is 0 Å². The molecule has 1 spiro atoms. The van der Waals surface area contributed by atoms with Gasteiger partial charge in [-0.3, -0.25) is 0 Å². The van der Waals surface area contributed by atoms with Crippen LogP contribution in [0.25, 0.3) is 66.8 Å². The molecule has 10 aromatic rings. The monoisotopic (exact) mass is 881 g/mol. The minimum atomic E-state index is -0.400. The first-order valence-electron chi connectivity index (χ1n) is 24.6. The summed E-state index contributed by atoms with van der Waals surface area (Å²) in [6.45, 7) is 11.7. The van der Waals surface area contributed by atoms with Gasteiger partial charge < -0.3 is 4.90 Å². The van der Waals surface area contributed by atoms with Crippen molar-refractivity contribution in [1.29, 1.82) is 0 Å². The van der Waals surface area contributed by atoms with E-state index < -0.39 is 5.41 Å². The Morgan fingerprint density at radius 3 is 1.32 bits per heavy atom. The lowest BCUT2D eigenvalue weighted by atomic mass is 9.70. The fourth-order valence-electron chi connectivity index (χ4n) is 13.4. The van der Waals surface area contributed by atoms with Gasteiger partial charge in [-0.15, -0.1) is 0 Å². The van der Waals surface area contributed by atoms with Crippen LogP contribution in [0.15, 0.2) is 218 Å². The second-order valence-electron chi connectivity index (χ2n) is 20.9. The van der Waals surface area contributed by atoms with Gasteiger partial charge in [-0.2, -0.15) is 0 Å². The molecule has 0 fully saturated rings. The van der Waals surface area contributed by atoms with E-state index >= 15 is 0 Å². The maximum absolute atomic E-state index is 2.49. The van der Waals surface area contributed by atoms with Crippen molar-refractivity contribution >= 4 is 17.1 Å². The molecule has 0 atom stereocenters. The van der Waals surface area contributed by atoms with Gasteiger partial charge in [-0.25, -0.2) is 0 Å². The van der Waals surface area contributed by atoms with Gasteiger partial charge in [-0.1, -0.05) is 204 Å². The van der Waals surface area contributed by atoms with Crippen molar-refractivity contribution in [2.45, 2.75) is 50.9 Å². The van der Waals surface area contributed by atoms with E-state index in [2.05, 4.69) is 258 Å². The molecule has 10 aromatic carbocycles. The average molecular weight is 882 g/mol. The Kier molecular flexibility index (Phi) is 8.29. The van der Waals surface area contributed by atoms with E-state index in [0.717, 1.165) is 17.1 Å². The number of rotatable bonds is 5. The van der Waals surface area contributed by atoms with E-state index in [0.29, 0.717) is 0 Å². The van der Waals surface area contributed by atoms with Gasteiger partial charge in [0.25, 0.3) is 0 Å². The molecular formula is C68H51N. The SMILES string of the molecule is Cc1cc(-c2cccc3c2-c2ccccc2C32c3ccccc3-c3ccccc32)cc(N(c2ccc(-c3ccc4c(c3)C(C)(C)c3ccccc3-4)cc2)c2ccc3c(c2)C(C)(C)c2ccccc2-3)c1. The summed E-state index contributed by atoms with van der Waals surface area (Å²) in [5.41, 5.74) is 30.6. The van der Waals surface area contributed by atoms with E-state index in [9.17, 15) is 0 Å². The maximum Gasteiger partial charge on any atom is 0.0725 e. The summed E-state index contributed by atoms with van der Waals surface area (Å²) in [4.78, 5) is 2.49. The number of hydrogen-bond donors (Lipinski definition) is 0. The third-order valence-electron chi connectivity index (χ3n) is 16.5. The molecular weight excluding hydrogens is 831 g/mol. The zero-order chi connectivity index (χ0) is 46.4. The number of aryl methyl sites for hydroxylation is 1. The molecule has 1 heteroatoms. The van der Waals surface area contributed by atoms with Crippen molar-refractivity contribution in [3.05, 3.63) is 268 Å². The minimum Gasteiger partial charge on any atom is -0.310 e. The number of nitrogens with zero attached hydrogens (tertiary/aromatic N) is 1. The van der Waals surface area contributed by atoms with Crippen LogP contribution in [-0.2, 0) is 16.2 Å². The first-order valence-corrected chi connectivity index (χ1v) is 24.6. The van der Waals surface area contributed by atoms with Crippen LogP contribution in [0, 0.1) is 6.92 Å². The summed E-state index contributed by atoms with van der Waals surface area (Å²) in [7, 11) is 0. The molecule has 0 bridgehead atoms. The van der Waals surface area contributed by atoms with Crippen molar-refractivity contribution < 1.29 is 0 Å². The van der Waals surface area contributed by atoms with Crippen molar-refractivity contribution in [3.8, 4) is 66.8 Å². The fourth-order valence-corrected chi connectivity index (χ4v) is 13.4. The summed E-state index contributed by atoms with van der Waals surface area (Å²) in [6.07, 6.45) is 0. The molecule has 0 saturated heterocycles. The van der Waals surface area contributed by atoms with Gasteiger partial charge >= 0.3 is 0 Å². The summed E-state index contributed by atoms with van der Waals surface area (Å²) < 4.78 is 0. The number of benzene rings is 10. The van der Waals surface area contributed by atoms with Crippen LogP contribution in [0.2, 0.25) is 0 Å². The van der Waals surface area contributed by atoms with Gasteiger partial charge in [0.2, 0.25) is 0 Å². The van der Waals surface area contributed by atoms with Gasteiger partial charge in [0, 0.05) is 27.9 Å². The molecule has 0 radical (unpaired) electrons. The molecule has 0 amide bonds. The molecule has 4 aliphatic carbocycles. The van der Waals surface area contributed by atoms with Crippen molar-refractivity contribution in [2.75, 3.05) is 4.90 Å². The van der Waals surface area contributed by atoms with Crippen LogP contribution < -0.4 is 4.90 Å². The Labute approximate surface area is 406 Å². The van der Waals surface area contributed by atoms with E-state index in [-0.39, 0.29) is 10.8 Å². The first-order chi connectivity index (χ1) is 33.6. The number of fused-ring (bicyclic) bond motifs is 16. The molecule has 4 aliphatic rings. The third-order valence-corrected chi connectivity index (χ3v) is 16.5. The molecule has 328 valence electrons.